The largest absolute Gasteiger partial charge is 0.433 e. The predicted octanol–water partition coefficient (Wildman–Crippen LogP) is 4.22. The lowest BCUT2D eigenvalue weighted by Gasteiger charge is -2.07. The van der Waals surface area contributed by atoms with Crippen molar-refractivity contribution in [1.29, 1.82) is 0 Å². The standard InChI is InChI=1S/C16H11F3N4O2/c17-16(18,19)12-7-8-20-15(21-12)24-11-5-3-9(4-6-11)13-22-14(25-23-13)10-1-2-10/h3-8,10H,1-2H2. The number of hydrogen-bond donors (Lipinski definition) is 0. The van der Waals surface area contributed by atoms with E-state index in [2.05, 4.69) is 20.1 Å². The molecule has 0 aliphatic heterocycles. The molecule has 0 atom stereocenters. The van der Waals surface area contributed by atoms with Gasteiger partial charge in [0.25, 0.3) is 0 Å². The van der Waals surface area contributed by atoms with E-state index in [1.54, 1.807) is 24.3 Å². The average Bonchev–Trinajstić information content (AvgIpc) is 3.32. The summed E-state index contributed by atoms with van der Waals surface area (Å²) in [5, 5.41) is 3.92. The van der Waals surface area contributed by atoms with Crippen LogP contribution in [0, 0.1) is 0 Å². The number of alkyl halides is 3. The summed E-state index contributed by atoms with van der Waals surface area (Å²) in [5.41, 5.74) is -0.346. The third kappa shape index (κ3) is 3.44. The van der Waals surface area contributed by atoms with Crippen molar-refractivity contribution in [2.75, 3.05) is 0 Å². The molecule has 0 spiro atoms. The predicted molar refractivity (Wildman–Crippen MR) is 78.8 cm³/mol. The van der Waals surface area contributed by atoms with Crippen LogP contribution in [0.25, 0.3) is 11.4 Å². The highest BCUT2D eigenvalue weighted by Gasteiger charge is 2.33. The molecule has 0 N–H and O–H groups in total. The number of halogens is 3. The minimum absolute atomic E-state index is 0.300. The van der Waals surface area contributed by atoms with Crippen LogP contribution in [0.1, 0.15) is 30.3 Å². The van der Waals surface area contributed by atoms with Crippen LogP contribution in [0.3, 0.4) is 0 Å². The Morgan fingerprint density at radius 1 is 1.04 bits per heavy atom. The number of aromatic nitrogens is 4. The SMILES string of the molecule is FC(F)(F)c1ccnc(Oc2ccc(-c3noc(C4CC4)n3)cc2)n1. The molecule has 1 aliphatic rings. The van der Waals surface area contributed by atoms with E-state index in [-0.39, 0.29) is 6.01 Å². The fraction of sp³-hybridized carbons (Fsp3) is 0.250. The lowest BCUT2D eigenvalue weighted by molar-refractivity contribution is -0.141. The van der Waals surface area contributed by atoms with Crippen LogP contribution in [0.15, 0.2) is 41.1 Å². The molecule has 0 bridgehead atoms. The Morgan fingerprint density at radius 3 is 2.48 bits per heavy atom. The van der Waals surface area contributed by atoms with Crippen LogP contribution < -0.4 is 4.74 Å². The summed E-state index contributed by atoms with van der Waals surface area (Å²) in [5.74, 6) is 1.76. The molecule has 1 fully saturated rings. The maximum atomic E-state index is 12.6. The van der Waals surface area contributed by atoms with Crippen molar-refractivity contribution in [2.24, 2.45) is 0 Å². The summed E-state index contributed by atoms with van der Waals surface area (Å²) >= 11 is 0. The van der Waals surface area contributed by atoms with Crippen LogP contribution in [0.2, 0.25) is 0 Å². The van der Waals surface area contributed by atoms with Crippen LogP contribution in [0.4, 0.5) is 13.2 Å². The first-order chi connectivity index (χ1) is 12.0. The molecule has 1 aromatic carbocycles. The molecule has 9 heteroatoms. The van der Waals surface area contributed by atoms with Crippen molar-refractivity contribution in [3.8, 4) is 23.1 Å². The van der Waals surface area contributed by atoms with Gasteiger partial charge in [-0.2, -0.15) is 23.1 Å². The Hall–Kier alpha value is -2.97. The normalized spacial score (nSPS) is 14.5. The fourth-order valence-electron chi connectivity index (χ4n) is 2.17. The number of rotatable bonds is 4. The second-order valence-corrected chi connectivity index (χ2v) is 5.58. The number of ether oxygens (including phenoxy) is 1. The lowest BCUT2D eigenvalue weighted by Crippen LogP contribution is -2.08. The van der Waals surface area contributed by atoms with Gasteiger partial charge in [-0.1, -0.05) is 5.16 Å². The molecule has 1 saturated carbocycles. The summed E-state index contributed by atoms with van der Waals surface area (Å²) in [7, 11) is 0. The van der Waals surface area contributed by atoms with E-state index >= 15 is 0 Å². The Kier molecular flexibility index (Phi) is 3.63. The van der Waals surface area contributed by atoms with E-state index in [1.807, 2.05) is 0 Å². The minimum Gasteiger partial charge on any atom is -0.424 e. The van der Waals surface area contributed by atoms with E-state index in [0.29, 0.717) is 28.9 Å². The number of nitrogens with zero attached hydrogens (tertiary/aromatic N) is 4. The molecule has 4 rings (SSSR count). The quantitative estimate of drug-likeness (QED) is 0.703. The summed E-state index contributed by atoms with van der Waals surface area (Å²) in [6.07, 6.45) is -1.43. The molecule has 6 nitrogen and oxygen atoms in total. The zero-order chi connectivity index (χ0) is 17.4. The molecule has 0 unspecified atom stereocenters. The van der Waals surface area contributed by atoms with Gasteiger partial charge in [-0.15, -0.1) is 0 Å². The lowest BCUT2D eigenvalue weighted by atomic mass is 10.2. The molecular formula is C16H11F3N4O2. The first-order valence-electron chi connectivity index (χ1n) is 7.51. The summed E-state index contributed by atoms with van der Waals surface area (Å²) < 4.78 is 48.4. The van der Waals surface area contributed by atoms with Gasteiger partial charge in [-0.05, 0) is 43.2 Å². The van der Waals surface area contributed by atoms with Crippen LogP contribution in [0.5, 0.6) is 11.8 Å². The smallest absolute Gasteiger partial charge is 0.424 e. The first kappa shape index (κ1) is 15.6. The summed E-state index contributed by atoms with van der Waals surface area (Å²) in [4.78, 5) is 11.4. The number of benzene rings is 1. The average molecular weight is 348 g/mol. The highest BCUT2D eigenvalue weighted by atomic mass is 19.4. The third-order valence-electron chi connectivity index (χ3n) is 3.61. The van der Waals surface area contributed by atoms with E-state index in [4.69, 9.17) is 9.26 Å². The van der Waals surface area contributed by atoms with E-state index in [9.17, 15) is 13.2 Å². The van der Waals surface area contributed by atoms with Crippen LogP contribution >= 0.6 is 0 Å². The molecule has 2 heterocycles. The van der Waals surface area contributed by atoms with Crippen molar-refractivity contribution in [3.63, 3.8) is 0 Å². The van der Waals surface area contributed by atoms with Crippen molar-refractivity contribution in [3.05, 3.63) is 48.1 Å². The van der Waals surface area contributed by atoms with E-state index < -0.39 is 11.9 Å². The van der Waals surface area contributed by atoms with Gasteiger partial charge < -0.3 is 9.26 Å². The maximum absolute atomic E-state index is 12.6. The minimum atomic E-state index is -4.55. The van der Waals surface area contributed by atoms with Gasteiger partial charge in [0.15, 0.2) is 5.69 Å². The fourth-order valence-corrected chi connectivity index (χ4v) is 2.17. The second kappa shape index (κ2) is 5.83. The Labute approximate surface area is 139 Å². The zero-order valence-electron chi connectivity index (χ0n) is 12.7. The molecule has 1 aliphatic carbocycles. The monoisotopic (exact) mass is 348 g/mol. The van der Waals surface area contributed by atoms with Gasteiger partial charge in [-0.3, -0.25) is 0 Å². The highest BCUT2D eigenvalue weighted by Crippen LogP contribution is 2.39. The molecule has 128 valence electrons. The Morgan fingerprint density at radius 2 is 1.80 bits per heavy atom. The van der Waals surface area contributed by atoms with Gasteiger partial charge in [0, 0.05) is 17.7 Å². The van der Waals surface area contributed by atoms with E-state index in [0.717, 1.165) is 25.1 Å². The zero-order valence-corrected chi connectivity index (χ0v) is 12.7. The van der Waals surface area contributed by atoms with Gasteiger partial charge in [0.05, 0.1) is 0 Å². The third-order valence-corrected chi connectivity index (χ3v) is 3.61. The molecule has 2 aromatic heterocycles. The summed E-state index contributed by atoms with van der Waals surface area (Å²) in [6.45, 7) is 0. The number of hydrogen-bond acceptors (Lipinski definition) is 6. The Bertz CT molecular complexity index is 889. The molecule has 3 aromatic rings. The molecule has 25 heavy (non-hydrogen) atoms. The second-order valence-electron chi connectivity index (χ2n) is 5.58. The van der Waals surface area contributed by atoms with Crippen LogP contribution in [-0.4, -0.2) is 20.1 Å². The van der Waals surface area contributed by atoms with E-state index in [1.165, 1.54) is 0 Å². The van der Waals surface area contributed by atoms with Crippen LogP contribution in [-0.2, 0) is 6.18 Å². The van der Waals surface area contributed by atoms with Gasteiger partial charge in [-0.25, -0.2) is 4.98 Å². The first-order valence-corrected chi connectivity index (χ1v) is 7.51. The van der Waals surface area contributed by atoms with Gasteiger partial charge in [0.2, 0.25) is 11.7 Å². The molecule has 0 saturated heterocycles. The molecule has 0 amide bonds. The molecular weight excluding hydrogens is 337 g/mol. The van der Waals surface area contributed by atoms with Gasteiger partial charge in [0.1, 0.15) is 5.75 Å². The van der Waals surface area contributed by atoms with Crippen molar-refractivity contribution in [1.82, 2.24) is 20.1 Å². The summed E-state index contributed by atoms with van der Waals surface area (Å²) in [6, 6.07) is 6.93. The highest BCUT2D eigenvalue weighted by molar-refractivity contribution is 5.55. The van der Waals surface area contributed by atoms with Crippen molar-refractivity contribution in [2.45, 2.75) is 24.9 Å². The van der Waals surface area contributed by atoms with Crippen molar-refractivity contribution >= 4 is 0 Å². The van der Waals surface area contributed by atoms with Gasteiger partial charge >= 0.3 is 12.2 Å². The van der Waals surface area contributed by atoms with Crippen molar-refractivity contribution < 1.29 is 22.4 Å². The Balaban J connectivity index is 1.50. The topological polar surface area (TPSA) is 73.9 Å². The maximum Gasteiger partial charge on any atom is 0.433 e. The molecule has 0 radical (unpaired) electrons.